The van der Waals surface area contributed by atoms with Gasteiger partial charge in [-0.15, -0.1) is 0 Å². The Bertz CT molecular complexity index is 600. The van der Waals surface area contributed by atoms with E-state index in [0.29, 0.717) is 11.4 Å². The van der Waals surface area contributed by atoms with Gasteiger partial charge in [0.2, 0.25) is 0 Å². The summed E-state index contributed by atoms with van der Waals surface area (Å²) >= 11 is 0. The van der Waals surface area contributed by atoms with Gasteiger partial charge in [-0.05, 0) is 12.1 Å². The number of aryl methyl sites for hydroxylation is 1. The summed E-state index contributed by atoms with van der Waals surface area (Å²) in [6, 6.07) is 4.95. The lowest BCUT2D eigenvalue weighted by molar-refractivity contribution is 0.146. The molecule has 0 aromatic carbocycles. The third-order valence-electron chi connectivity index (χ3n) is 2.22. The van der Waals surface area contributed by atoms with Crippen LogP contribution < -0.4 is 5.32 Å². The highest BCUT2D eigenvalue weighted by atomic mass is 19.3. The Hall–Kier alpha value is -2.49. The smallest absolute Gasteiger partial charge is 0.284 e. The van der Waals surface area contributed by atoms with E-state index in [1.165, 1.54) is 29.2 Å². The predicted octanol–water partition coefficient (Wildman–Crippen LogP) is 2.37. The number of nitriles is 1. The number of halogens is 2. The Kier molecular flexibility index (Phi) is 3.19. The van der Waals surface area contributed by atoms with Gasteiger partial charge >= 0.3 is 0 Å². The van der Waals surface area contributed by atoms with Gasteiger partial charge in [0.15, 0.2) is 5.69 Å². The van der Waals surface area contributed by atoms with Crippen molar-refractivity contribution in [1.29, 1.82) is 5.26 Å². The molecule has 5 nitrogen and oxygen atoms in total. The minimum absolute atomic E-state index is 0.176. The largest absolute Gasteiger partial charge is 0.337 e. The van der Waals surface area contributed by atoms with Crippen LogP contribution in [0, 0.1) is 11.3 Å². The summed E-state index contributed by atoms with van der Waals surface area (Å²) in [4.78, 5) is 3.95. The third kappa shape index (κ3) is 2.43. The summed E-state index contributed by atoms with van der Waals surface area (Å²) < 4.78 is 26.7. The fraction of sp³-hybridized carbons (Fsp3) is 0.182. The van der Waals surface area contributed by atoms with E-state index in [1.54, 1.807) is 7.05 Å². The first-order chi connectivity index (χ1) is 8.60. The first kappa shape index (κ1) is 12.0. The molecule has 92 valence electrons. The molecular formula is C11H9F2N5. The van der Waals surface area contributed by atoms with Gasteiger partial charge in [-0.2, -0.15) is 10.4 Å². The van der Waals surface area contributed by atoms with E-state index < -0.39 is 6.43 Å². The molecule has 0 saturated carbocycles. The van der Waals surface area contributed by atoms with Gasteiger partial charge in [-0.3, -0.25) is 4.68 Å². The summed E-state index contributed by atoms with van der Waals surface area (Å²) in [5, 5.41) is 15.1. The van der Waals surface area contributed by atoms with Crippen molar-refractivity contribution < 1.29 is 8.78 Å². The molecule has 0 fully saturated rings. The minimum Gasteiger partial charge on any atom is -0.337 e. The average Bonchev–Trinajstić information content (AvgIpc) is 2.70. The van der Waals surface area contributed by atoms with E-state index in [1.807, 2.05) is 6.07 Å². The number of hydrogen-bond acceptors (Lipinski definition) is 4. The van der Waals surface area contributed by atoms with Crippen LogP contribution in [0.5, 0.6) is 0 Å². The average molecular weight is 249 g/mol. The lowest BCUT2D eigenvalue weighted by Crippen LogP contribution is -1.97. The van der Waals surface area contributed by atoms with Crippen LogP contribution in [-0.4, -0.2) is 14.8 Å². The summed E-state index contributed by atoms with van der Waals surface area (Å²) in [6.07, 6.45) is 0.189. The SMILES string of the molecule is Cn1cc(Nc2cc(C#N)ccn2)c(C(F)F)n1. The van der Waals surface area contributed by atoms with Crippen LogP contribution >= 0.6 is 0 Å². The number of aromatic nitrogens is 3. The fourth-order valence-electron chi connectivity index (χ4n) is 1.47. The molecule has 0 aliphatic rings. The molecule has 2 rings (SSSR count). The van der Waals surface area contributed by atoms with Crippen molar-refractivity contribution in [2.24, 2.45) is 7.05 Å². The molecule has 1 N–H and O–H groups in total. The lowest BCUT2D eigenvalue weighted by Gasteiger charge is -2.04. The Morgan fingerprint density at radius 3 is 2.94 bits per heavy atom. The maximum Gasteiger partial charge on any atom is 0.284 e. The lowest BCUT2D eigenvalue weighted by atomic mass is 10.3. The molecule has 0 aliphatic carbocycles. The van der Waals surface area contributed by atoms with Gasteiger partial charge in [0.1, 0.15) is 5.82 Å². The molecule has 2 aromatic heterocycles. The van der Waals surface area contributed by atoms with Crippen LogP contribution in [0.2, 0.25) is 0 Å². The van der Waals surface area contributed by atoms with Gasteiger partial charge in [0, 0.05) is 19.4 Å². The van der Waals surface area contributed by atoms with Crippen molar-refractivity contribution >= 4 is 11.5 Å². The monoisotopic (exact) mass is 249 g/mol. The second-order valence-corrected chi connectivity index (χ2v) is 3.57. The summed E-state index contributed by atoms with van der Waals surface area (Å²) in [7, 11) is 1.55. The Balaban J connectivity index is 2.31. The van der Waals surface area contributed by atoms with E-state index in [-0.39, 0.29) is 11.4 Å². The highest BCUT2D eigenvalue weighted by Crippen LogP contribution is 2.27. The molecule has 2 aromatic rings. The molecule has 0 aliphatic heterocycles. The molecule has 18 heavy (non-hydrogen) atoms. The number of nitrogens with zero attached hydrogens (tertiary/aromatic N) is 4. The first-order valence-corrected chi connectivity index (χ1v) is 5.05. The van der Waals surface area contributed by atoms with E-state index in [4.69, 9.17) is 5.26 Å². The quantitative estimate of drug-likeness (QED) is 0.906. The predicted molar refractivity (Wildman–Crippen MR) is 60.4 cm³/mol. The van der Waals surface area contributed by atoms with Crippen molar-refractivity contribution in [1.82, 2.24) is 14.8 Å². The number of pyridine rings is 1. The standard InChI is InChI=1S/C11H9F2N5/c1-18-6-8(10(17-18)11(12)13)16-9-4-7(5-14)2-3-15-9/h2-4,6,11H,1H3,(H,15,16). The highest BCUT2D eigenvalue weighted by molar-refractivity contribution is 5.59. The number of anilines is 2. The van der Waals surface area contributed by atoms with Crippen LogP contribution in [0.4, 0.5) is 20.3 Å². The normalized spacial score (nSPS) is 10.4. The topological polar surface area (TPSA) is 66.5 Å². The number of rotatable bonds is 3. The molecule has 0 bridgehead atoms. The maximum absolute atomic E-state index is 12.7. The third-order valence-corrected chi connectivity index (χ3v) is 2.22. The van der Waals surface area contributed by atoms with Crippen molar-refractivity contribution in [3.8, 4) is 6.07 Å². The van der Waals surface area contributed by atoms with Crippen LogP contribution in [0.1, 0.15) is 17.7 Å². The molecule has 0 atom stereocenters. The Morgan fingerprint density at radius 1 is 1.50 bits per heavy atom. The zero-order valence-corrected chi connectivity index (χ0v) is 9.43. The van der Waals surface area contributed by atoms with Crippen LogP contribution in [0.25, 0.3) is 0 Å². The second-order valence-electron chi connectivity index (χ2n) is 3.57. The van der Waals surface area contributed by atoms with Gasteiger partial charge in [-0.1, -0.05) is 0 Å². The van der Waals surface area contributed by atoms with Crippen LogP contribution in [0.3, 0.4) is 0 Å². The van der Waals surface area contributed by atoms with Crippen molar-refractivity contribution in [3.63, 3.8) is 0 Å². The van der Waals surface area contributed by atoms with Crippen LogP contribution in [0.15, 0.2) is 24.5 Å². The van der Waals surface area contributed by atoms with Crippen molar-refractivity contribution in [2.45, 2.75) is 6.43 Å². The van der Waals surface area contributed by atoms with E-state index in [2.05, 4.69) is 15.4 Å². The molecule has 2 heterocycles. The summed E-state index contributed by atoms with van der Waals surface area (Å²) in [5.74, 6) is 0.323. The second kappa shape index (κ2) is 4.79. The van der Waals surface area contributed by atoms with Gasteiger partial charge in [0.25, 0.3) is 6.43 Å². The van der Waals surface area contributed by atoms with E-state index >= 15 is 0 Å². The molecular weight excluding hydrogens is 240 g/mol. The Morgan fingerprint density at radius 2 is 2.28 bits per heavy atom. The zero-order chi connectivity index (χ0) is 13.1. The molecule has 7 heteroatoms. The minimum atomic E-state index is -2.67. The zero-order valence-electron chi connectivity index (χ0n) is 9.43. The van der Waals surface area contributed by atoms with Crippen molar-refractivity contribution in [2.75, 3.05) is 5.32 Å². The molecule has 0 unspecified atom stereocenters. The number of hydrogen-bond donors (Lipinski definition) is 1. The number of nitrogens with one attached hydrogen (secondary N) is 1. The summed E-state index contributed by atoms with van der Waals surface area (Å²) in [5.41, 5.74) is 0.228. The molecule has 0 spiro atoms. The van der Waals surface area contributed by atoms with E-state index in [0.717, 1.165) is 0 Å². The Labute approximate surface area is 102 Å². The molecule has 0 saturated heterocycles. The van der Waals surface area contributed by atoms with Gasteiger partial charge in [-0.25, -0.2) is 13.8 Å². The maximum atomic E-state index is 12.7. The first-order valence-electron chi connectivity index (χ1n) is 5.05. The van der Waals surface area contributed by atoms with Gasteiger partial charge < -0.3 is 5.32 Å². The van der Waals surface area contributed by atoms with E-state index in [9.17, 15) is 8.78 Å². The van der Waals surface area contributed by atoms with Gasteiger partial charge in [0.05, 0.1) is 17.3 Å². The fourth-order valence-corrected chi connectivity index (χ4v) is 1.47. The highest BCUT2D eigenvalue weighted by Gasteiger charge is 2.17. The summed E-state index contributed by atoms with van der Waals surface area (Å²) in [6.45, 7) is 0. The molecule has 0 amide bonds. The number of alkyl halides is 2. The van der Waals surface area contributed by atoms with Crippen LogP contribution in [-0.2, 0) is 7.05 Å². The van der Waals surface area contributed by atoms with Crippen molar-refractivity contribution in [3.05, 3.63) is 35.8 Å². The molecule has 0 radical (unpaired) electrons.